The fourth-order valence-electron chi connectivity index (χ4n) is 1.32. The number of carboxylic acids is 1. The van der Waals surface area contributed by atoms with E-state index in [0.717, 1.165) is 11.1 Å². The van der Waals surface area contributed by atoms with Gasteiger partial charge in [-0.15, -0.1) is 0 Å². The number of aliphatic carboxylic acids is 1. The first-order valence-corrected chi connectivity index (χ1v) is 5.08. The van der Waals surface area contributed by atoms with Gasteiger partial charge in [0.15, 0.2) is 0 Å². The molecule has 1 rings (SSSR count). The summed E-state index contributed by atoms with van der Waals surface area (Å²) in [7, 11) is 0. The van der Waals surface area contributed by atoms with Crippen LogP contribution in [0, 0.1) is 6.92 Å². The van der Waals surface area contributed by atoms with E-state index in [9.17, 15) is 9.59 Å². The van der Waals surface area contributed by atoms with Gasteiger partial charge in [0.1, 0.15) is 6.04 Å². The minimum Gasteiger partial charge on any atom is -0.480 e. The molecule has 17 heavy (non-hydrogen) atoms. The van der Waals surface area contributed by atoms with Gasteiger partial charge in [0.2, 0.25) is 0 Å². The van der Waals surface area contributed by atoms with Crippen molar-refractivity contribution >= 4 is 12.0 Å². The third kappa shape index (κ3) is 4.52. The van der Waals surface area contributed by atoms with E-state index in [-0.39, 0.29) is 6.42 Å². The van der Waals surface area contributed by atoms with Gasteiger partial charge in [0.05, 0.1) is 0 Å². The second kappa shape index (κ2) is 5.86. The molecular weight excluding hydrogens is 222 g/mol. The zero-order valence-electron chi connectivity index (χ0n) is 9.43. The topological polar surface area (TPSA) is 104 Å². The van der Waals surface area contributed by atoms with Crippen LogP contribution < -0.4 is 16.6 Å². The summed E-state index contributed by atoms with van der Waals surface area (Å²) in [5, 5.41) is 8.95. The Balaban J connectivity index is 2.63. The Bertz CT molecular complexity index is 403. The van der Waals surface area contributed by atoms with Crippen LogP contribution in [0.3, 0.4) is 0 Å². The number of urea groups is 1. The van der Waals surface area contributed by atoms with Crippen molar-refractivity contribution in [3.63, 3.8) is 0 Å². The lowest BCUT2D eigenvalue weighted by molar-refractivity contribution is -0.139. The number of amides is 2. The van der Waals surface area contributed by atoms with Gasteiger partial charge in [0, 0.05) is 6.42 Å². The number of nitrogens with two attached hydrogens (primary N) is 1. The van der Waals surface area contributed by atoms with E-state index in [1.165, 1.54) is 0 Å². The van der Waals surface area contributed by atoms with Gasteiger partial charge in [0.25, 0.3) is 0 Å². The lowest BCUT2D eigenvalue weighted by atomic mass is 10.1. The average molecular weight is 237 g/mol. The number of benzene rings is 1. The van der Waals surface area contributed by atoms with Crippen LogP contribution in [-0.4, -0.2) is 23.1 Å². The number of hydrogen-bond donors (Lipinski definition) is 4. The number of carbonyl (C=O) groups excluding carboxylic acids is 1. The van der Waals surface area contributed by atoms with E-state index in [4.69, 9.17) is 10.8 Å². The molecule has 0 aliphatic heterocycles. The molecule has 0 spiro atoms. The molecule has 1 aromatic rings. The van der Waals surface area contributed by atoms with Crippen molar-refractivity contribution in [2.45, 2.75) is 19.4 Å². The largest absolute Gasteiger partial charge is 0.480 e. The van der Waals surface area contributed by atoms with Crippen molar-refractivity contribution in [1.82, 2.24) is 10.9 Å². The summed E-state index contributed by atoms with van der Waals surface area (Å²) < 4.78 is 0. The first kappa shape index (κ1) is 13.0. The van der Waals surface area contributed by atoms with Crippen molar-refractivity contribution in [2.75, 3.05) is 0 Å². The molecule has 5 N–H and O–H groups in total. The average Bonchev–Trinajstić information content (AvgIpc) is 2.26. The van der Waals surface area contributed by atoms with Gasteiger partial charge >= 0.3 is 12.0 Å². The second-order valence-electron chi connectivity index (χ2n) is 3.71. The third-order valence-electron chi connectivity index (χ3n) is 2.23. The molecule has 0 saturated heterocycles. The van der Waals surface area contributed by atoms with Gasteiger partial charge in [-0.05, 0) is 12.5 Å². The maximum atomic E-state index is 10.9. The fourth-order valence-corrected chi connectivity index (χ4v) is 1.32. The van der Waals surface area contributed by atoms with Gasteiger partial charge < -0.3 is 10.8 Å². The minimum absolute atomic E-state index is 0.260. The molecule has 0 bridgehead atoms. The van der Waals surface area contributed by atoms with Gasteiger partial charge in [-0.2, -0.15) is 0 Å². The monoisotopic (exact) mass is 237 g/mol. The molecule has 1 aromatic carbocycles. The summed E-state index contributed by atoms with van der Waals surface area (Å²) >= 11 is 0. The van der Waals surface area contributed by atoms with Crippen LogP contribution in [-0.2, 0) is 11.2 Å². The van der Waals surface area contributed by atoms with Gasteiger partial charge in [-0.3, -0.25) is 10.2 Å². The Kier molecular flexibility index (Phi) is 4.47. The third-order valence-corrected chi connectivity index (χ3v) is 2.23. The minimum atomic E-state index is -1.06. The molecule has 6 heteroatoms. The highest BCUT2D eigenvalue weighted by Crippen LogP contribution is 2.06. The number of nitrogens with one attached hydrogen (secondary N) is 2. The number of carboxylic acid groups (broad SMARTS) is 1. The van der Waals surface area contributed by atoms with Crippen LogP contribution in [0.2, 0.25) is 0 Å². The SMILES string of the molecule is Cc1ccc(CC(NNC(N)=O)C(=O)O)cc1. The molecule has 6 nitrogen and oxygen atoms in total. The highest BCUT2D eigenvalue weighted by atomic mass is 16.4. The van der Waals surface area contributed by atoms with Crippen molar-refractivity contribution in [1.29, 1.82) is 0 Å². The second-order valence-corrected chi connectivity index (χ2v) is 3.71. The van der Waals surface area contributed by atoms with E-state index in [1.807, 2.05) is 31.2 Å². The van der Waals surface area contributed by atoms with E-state index in [2.05, 4.69) is 10.9 Å². The lowest BCUT2D eigenvalue weighted by Crippen LogP contribution is -2.50. The van der Waals surface area contributed by atoms with Gasteiger partial charge in [-0.1, -0.05) is 29.8 Å². The summed E-state index contributed by atoms with van der Waals surface area (Å²) in [4.78, 5) is 21.4. The van der Waals surface area contributed by atoms with Crippen LogP contribution in [0.15, 0.2) is 24.3 Å². The van der Waals surface area contributed by atoms with Crippen molar-refractivity contribution in [3.05, 3.63) is 35.4 Å². The summed E-state index contributed by atoms with van der Waals surface area (Å²) in [5.41, 5.74) is 11.2. The molecule has 0 fully saturated rings. The number of hydrazine groups is 1. The van der Waals surface area contributed by atoms with Crippen LogP contribution >= 0.6 is 0 Å². The number of carbonyl (C=O) groups is 2. The summed E-state index contributed by atoms with van der Waals surface area (Å²) in [6.45, 7) is 1.95. The molecule has 0 aromatic heterocycles. The number of rotatable bonds is 5. The standard InChI is InChI=1S/C11H15N3O3/c1-7-2-4-8(5-3-7)6-9(10(15)16)13-14-11(12)17/h2-5,9,13H,6H2,1H3,(H,15,16)(H3,12,14,17). The van der Waals surface area contributed by atoms with Crippen molar-refractivity contribution < 1.29 is 14.7 Å². The van der Waals surface area contributed by atoms with E-state index in [0.29, 0.717) is 0 Å². The number of aryl methyl sites for hydroxylation is 1. The van der Waals surface area contributed by atoms with Crippen molar-refractivity contribution in [2.24, 2.45) is 5.73 Å². The molecule has 1 atom stereocenters. The zero-order valence-corrected chi connectivity index (χ0v) is 9.43. The normalized spacial score (nSPS) is 11.8. The van der Waals surface area contributed by atoms with Crippen LogP contribution in [0.25, 0.3) is 0 Å². The smallest absolute Gasteiger partial charge is 0.326 e. The first-order chi connectivity index (χ1) is 7.99. The Hall–Kier alpha value is -2.08. The molecule has 0 radical (unpaired) electrons. The molecule has 2 amide bonds. The Morgan fingerprint density at radius 3 is 2.41 bits per heavy atom. The molecule has 0 saturated carbocycles. The lowest BCUT2D eigenvalue weighted by Gasteiger charge is -2.14. The van der Waals surface area contributed by atoms with E-state index < -0.39 is 18.0 Å². The Morgan fingerprint density at radius 2 is 1.94 bits per heavy atom. The zero-order chi connectivity index (χ0) is 12.8. The van der Waals surface area contributed by atoms with Crippen LogP contribution in [0.4, 0.5) is 4.79 Å². The molecule has 92 valence electrons. The maximum absolute atomic E-state index is 10.9. The summed E-state index contributed by atoms with van der Waals surface area (Å²) in [6.07, 6.45) is 0.260. The number of hydrogen-bond acceptors (Lipinski definition) is 3. The molecule has 0 aliphatic carbocycles. The van der Waals surface area contributed by atoms with E-state index in [1.54, 1.807) is 0 Å². The predicted octanol–water partition coefficient (Wildman–Crippen LogP) is 0.164. The first-order valence-electron chi connectivity index (χ1n) is 5.08. The van der Waals surface area contributed by atoms with E-state index >= 15 is 0 Å². The highest BCUT2D eigenvalue weighted by molar-refractivity contribution is 5.75. The maximum Gasteiger partial charge on any atom is 0.326 e. The van der Waals surface area contributed by atoms with Crippen LogP contribution in [0.1, 0.15) is 11.1 Å². The molecule has 0 aliphatic rings. The summed E-state index contributed by atoms with van der Waals surface area (Å²) in [6, 6.07) is 5.75. The summed E-state index contributed by atoms with van der Waals surface area (Å²) in [5.74, 6) is -1.06. The molecular formula is C11H15N3O3. The number of primary amides is 1. The quantitative estimate of drug-likeness (QED) is 0.548. The Labute approximate surface area is 98.8 Å². The van der Waals surface area contributed by atoms with Gasteiger partial charge in [-0.25, -0.2) is 10.2 Å². The highest BCUT2D eigenvalue weighted by Gasteiger charge is 2.17. The predicted molar refractivity (Wildman–Crippen MR) is 62.2 cm³/mol. The fraction of sp³-hybridized carbons (Fsp3) is 0.273. The van der Waals surface area contributed by atoms with Crippen LogP contribution in [0.5, 0.6) is 0 Å². The Morgan fingerprint density at radius 1 is 1.35 bits per heavy atom. The molecule has 1 unspecified atom stereocenters. The molecule has 0 heterocycles. The van der Waals surface area contributed by atoms with Crippen molar-refractivity contribution in [3.8, 4) is 0 Å².